The van der Waals surface area contributed by atoms with Gasteiger partial charge in [-0.1, -0.05) is 22.9 Å². The van der Waals surface area contributed by atoms with Crippen LogP contribution in [0.15, 0.2) is 18.2 Å². The average molecular weight is 302 g/mol. The van der Waals surface area contributed by atoms with E-state index in [0.29, 0.717) is 22.5 Å². The standard InChI is InChI=1S/C13H17BrFNO/c1-3-10(14)6-7-16-13(17)12-5-4-11(15)8-9(12)2/h4-5,8,10H,3,6-7H2,1-2H3,(H,16,17). The van der Waals surface area contributed by atoms with Crippen LogP contribution in [0.25, 0.3) is 0 Å². The second-order valence-corrected chi connectivity index (χ2v) is 5.30. The highest BCUT2D eigenvalue weighted by atomic mass is 79.9. The van der Waals surface area contributed by atoms with E-state index in [1.54, 1.807) is 6.92 Å². The van der Waals surface area contributed by atoms with Crippen LogP contribution in [-0.2, 0) is 0 Å². The van der Waals surface area contributed by atoms with Crippen molar-refractivity contribution in [1.82, 2.24) is 5.32 Å². The maximum absolute atomic E-state index is 12.9. The molecular weight excluding hydrogens is 285 g/mol. The molecule has 94 valence electrons. The zero-order valence-electron chi connectivity index (χ0n) is 10.1. The summed E-state index contributed by atoms with van der Waals surface area (Å²) >= 11 is 3.51. The van der Waals surface area contributed by atoms with Crippen molar-refractivity contribution in [2.75, 3.05) is 6.54 Å². The van der Waals surface area contributed by atoms with Crippen molar-refractivity contribution in [3.63, 3.8) is 0 Å². The molecule has 0 fully saturated rings. The second-order valence-electron chi connectivity index (χ2n) is 4.01. The molecule has 1 N–H and O–H groups in total. The highest BCUT2D eigenvalue weighted by molar-refractivity contribution is 9.09. The van der Waals surface area contributed by atoms with Gasteiger partial charge in [0.2, 0.25) is 0 Å². The first-order chi connectivity index (χ1) is 8.04. The number of rotatable bonds is 5. The Bertz CT molecular complexity index is 395. The first kappa shape index (κ1) is 14.2. The molecule has 2 nitrogen and oxygen atoms in total. The van der Waals surface area contributed by atoms with Crippen LogP contribution in [0.1, 0.15) is 35.7 Å². The van der Waals surface area contributed by atoms with E-state index < -0.39 is 0 Å². The van der Waals surface area contributed by atoms with Gasteiger partial charge < -0.3 is 5.32 Å². The highest BCUT2D eigenvalue weighted by Crippen LogP contribution is 2.11. The number of aryl methyl sites for hydroxylation is 1. The Hall–Kier alpha value is -0.900. The Morgan fingerprint density at radius 3 is 2.82 bits per heavy atom. The molecule has 0 aliphatic carbocycles. The van der Waals surface area contributed by atoms with Gasteiger partial charge in [-0.15, -0.1) is 0 Å². The SMILES string of the molecule is CCC(Br)CCNC(=O)c1ccc(F)cc1C. The third kappa shape index (κ3) is 4.46. The zero-order valence-corrected chi connectivity index (χ0v) is 11.7. The van der Waals surface area contributed by atoms with E-state index in [1.807, 2.05) is 0 Å². The lowest BCUT2D eigenvalue weighted by atomic mass is 10.1. The van der Waals surface area contributed by atoms with Crippen molar-refractivity contribution >= 4 is 21.8 Å². The van der Waals surface area contributed by atoms with Gasteiger partial charge in [0.15, 0.2) is 0 Å². The molecule has 1 amide bonds. The first-order valence-electron chi connectivity index (χ1n) is 5.73. The number of carbonyl (C=O) groups is 1. The summed E-state index contributed by atoms with van der Waals surface area (Å²) < 4.78 is 12.9. The predicted octanol–water partition coefficient (Wildman–Crippen LogP) is 3.43. The lowest BCUT2D eigenvalue weighted by Gasteiger charge is -2.09. The molecule has 0 saturated carbocycles. The summed E-state index contributed by atoms with van der Waals surface area (Å²) in [5, 5.41) is 2.83. The fraction of sp³-hybridized carbons (Fsp3) is 0.462. The third-order valence-corrected chi connectivity index (χ3v) is 3.72. The van der Waals surface area contributed by atoms with Gasteiger partial charge in [-0.2, -0.15) is 0 Å². The van der Waals surface area contributed by atoms with Crippen molar-refractivity contribution < 1.29 is 9.18 Å². The Kier molecular flexibility index (Phi) is 5.62. The number of nitrogens with one attached hydrogen (secondary N) is 1. The van der Waals surface area contributed by atoms with E-state index in [-0.39, 0.29) is 11.7 Å². The molecule has 1 rings (SSSR count). The van der Waals surface area contributed by atoms with E-state index >= 15 is 0 Å². The van der Waals surface area contributed by atoms with Gasteiger partial charge >= 0.3 is 0 Å². The largest absolute Gasteiger partial charge is 0.352 e. The first-order valence-corrected chi connectivity index (χ1v) is 6.64. The van der Waals surface area contributed by atoms with Crippen LogP contribution in [0.4, 0.5) is 4.39 Å². The maximum Gasteiger partial charge on any atom is 0.251 e. The zero-order chi connectivity index (χ0) is 12.8. The molecular formula is C13H17BrFNO. The Labute approximate surface area is 110 Å². The van der Waals surface area contributed by atoms with Gasteiger partial charge in [0.1, 0.15) is 5.82 Å². The van der Waals surface area contributed by atoms with Crippen LogP contribution in [0.2, 0.25) is 0 Å². The van der Waals surface area contributed by atoms with Crippen molar-refractivity contribution in [3.8, 4) is 0 Å². The number of halogens is 2. The average Bonchev–Trinajstić information content (AvgIpc) is 2.28. The Morgan fingerprint density at radius 2 is 2.24 bits per heavy atom. The van der Waals surface area contributed by atoms with Gasteiger partial charge in [0, 0.05) is 16.9 Å². The van der Waals surface area contributed by atoms with Crippen molar-refractivity contribution in [2.45, 2.75) is 31.5 Å². The minimum Gasteiger partial charge on any atom is -0.352 e. The summed E-state index contributed by atoms with van der Waals surface area (Å²) in [7, 11) is 0. The van der Waals surface area contributed by atoms with Crippen LogP contribution in [0.3, 0.4) is 0 Å². The molecule has 1 aromatic rings. The molecule has 0 aliphatic rings. The number of hydrogen-bond acceptors (Lipinski definition) is 1. The molecule has 1 atom stereocenters. The normalized spacial score (nSPS) is 12.2. The topological polar surface area (TPSA) is 29.1 Å². The molecule has 0 spiro atoms. The number of alkyl halides is 1. The molecule has 17 heavy (non-hydrogen) atoms. The van der Waals surface area contributed by atoms with E-state index in [2.05, 4.69) is 28.2 Å². The summed E-state index contributed by atoms with van der Waals surface area (Å²) in [6, 6.07) is 4.20. The van der Waals surface area contributed by atoms with Gasteiger partial charge in [0.05, 0.1) is 0 Å². The Morgan fingerprint density at radius 1 is 1.53 bits per heavy atom. The number of amides is 1. The molecule has 0 aliphatic heterocycles. The lowest BCUT2D eigenvalue weighted by Crippen LogP contribution is -2.26. The van der Waals surface area contributed by atoms with Crippen LogP contribution >= 0.6 is 15.9 Å². The van der Waals surface area contributed by atoms with Crippen LogP contribution in [0, 0.1) is 12.7 Å². The smallest absolute Gasteiger partial charge is 0.251 e. The van der Waals surface area contributed by atoms with E-state index in [9.17, 15) is 9.18 Å². The predicted molar refractivity (Wildman–Crippen MR) is 71.1 cm³/mol. The number of carbonyl (C=O) groups excluding carboxylic acids is 1. The lowest BCUT2D eigenvalue weighted by molar-refractivity contribution is 0.0952. The summed E-state index contributed by atoms with van der Waals surface area (Å²) in [4.78, 5) is 12.2. The van der Waals surface area contributed by atoms with Crippen LogP contribution in [0.5, 0.6) is 0 Å². The van der Waals surface area contributed by atoms with E-state index in [4.69, 9.17) is 0 Å². The Balaban J connectivity index is 2.52. The monoisotopic (exact) mass is 301 g/mol. The fourth-order valence-electron chi connectivity index (χ4n) is 1.52. The van der Waals surface area contributed by atoms with Gasteiger partial charge in [-0.05, 0) is 43.5 Å². The minimum atomic E-state index is -0.314. The molecule has 0 aromatic heterocycles. The third-order valence-electron chi connectivity index (χ3n) is 2.62. The minimum absolute atomic E-state index is 0.140. The molecule has 1 unspecified atom stereocenters. The summed E-state index contributed by atoms with van der Waals surface area (Å²) in [5.74, 6) is -0.455. The van der Waals surface area contributed by atoms with Gasteiger partial charge in [0.25, 0.3) is 5.91 Å². The summed E-state index contributed by atoms with van der Waals surface area (Å²) in [6.07, 6.45) is 1.92. The summed E-state index contributed by atoms with van der Waals surface area (Å²) in [5.41, 5.74) is 1.20. The maximum atomic E-state index is 12.9. The quantitative estimate of drug-likeness (QED) is 0.830. The number of benzene rings is 1. The molecule has 0 radical (unpaired) electrons. The van der Waals surface area contributed by atoms with E-state index in [0.717, 1.165) is 12.8 Å². The van der Waals surface area contributed by atoms with Crippen molar-refractivity contribution in [1.29, 1.82) is 0 Å². The van der Waals surface area contributed by atoms with Crippen LogP contribution < -0.4 is 5.32 Å². The van der Waals surface area contributed by atoms with Crippen molar-refractivity contribution in [2.24, 2.45) is 0 Å². The second kappa shape index (κ2) is 6.74. The summed E-state index contributed by atoms with van der Waals surface area (Å²) in [6.45, 7) is 4.45. The highest BCUT2D eigenvalue weighted by Gasteiger charge is 2.09. The van der Waals surface area contributed by atoms with Crippen LogP contribution in [-0.4, -0.2) is 17.3 Å². The van der Waals surface area contributed by atoms with Gasteiger partial charge in [-0.3, -0.25) is 4.79 Å². The molecule has 1 aromatic carbocycles. The molecule has 0 bridgehead atoms. The molecule has 0 saturated heterocycles. The van der Waals surface area contributed by atoms with Gasteiger partial charge in [-0.25, -0.2) is 4.39 Å². The molecule has 0 heterocycles. The van der Waals surface area contributed by atoms with E-state index in [1.165, 1.54) is 18.2 Å². The fourth-order valence-corrected chi connectivity index (χ4v) is 1.75. The van der Waals surface area contributed by atoms with Crippen molar-refractivity contribution in [3.05, 3.63) is 35.1 Å². The molecule has 4 heteroatoms. The number of hydrogen-bond donors (Lipinski definition) is 1.